The molecule has 0 aliphatic carbocycles. The summed E-state index contributed by atoms with van der Waals surface area (Å²) in [4.78, 5) is 3.61. The second-order valence-corrected chi connectivity index (χ2v) is 5.60. The first kappa shape index (κ1) is 13.3. The minimum atomic E-state index is -3.84. The van der Waals surface area contributed by atoms with Gasteiger partial charge in [0.25, 0.3) is 10.0 Å². The first-order valence-corrected chi connectivity index (χ1v) is 6.88. The lowest BCUT2D eigenvalue weighted by Crippen LogP contribution is -2.16. The Balaban J connectivity index is 2.40. The Morgan fingerprint density at radius 2 is 2.05 bits per heavy atom. The van der Waals surface area contributed by atoms with Gasteiger partial charge in [-0.3, -0.25) is 4.72 Å². The van der Waals surface area contributed by atoms with E-state index in [0.717, 1.165) is 0 Å². The molecule has 0 atom stereocenters. The Kier molecular flexibility index (Phi) is 3.39. The zero-order valence-corrected chi connectivity index (χ0v) is 10.9. The first-order valence-electron chi connectivity index (χ1n) is 5.39. The fraction of sp³-hybridized carbons (Fsp3) is 0.0833. The number of nitrogens with zero attached hydrogens (tertiary/aromatic N) is 1. The molecule has 0 bridgehead atoms. The molecule has 0 saturated heterocycles. The molecule has 2 rings (SSSR count). The summed E-state index contributed by atoms with van der Waals surface area (Å²) in [6.07, 6.45) is 1.40. The summed E-state index contributed by atoms with van der Waals surface area (Å²) in [5.74, 6) is -0.517. The van der Waals surface area contributed by atoms with Crippen LogP contribution in [-0.4, -0.2) is 13.4 Å². The van der Waals surface area contributed by atoms with E-state index < -0.39 is 15.8 Å². The number of nitrogens with two attached hydrogens (primary N) is 1. The summed E-state index contributed by atoms with van der Waals surface area (Å²) < 4.78 is 39.6. The Morgan fingerprint density at radius 3 is 2.68 bits per heavy atom. The highest BCUT2D eigenvalue weighted by Gasteiger charge is 2.18. The summed E-state index contributed by atoms with van der Waals surface area (Å²) in [6, 6.07) is 6.60. The van der Waals surface area contributed by atoms with Crippen molar-refractivity contribution in [3.63, 3.8) is 0 Å². The molecule has 1 heterocycles. The monoisotopic (exact) mass is 281 g/mol. The van der Waals surface area contributed by atoms with Crippen LogP contribution in [0, 0.1) is 12.7 Å². The van der Waals surface area contributed by atoms with Crippen molar-refractivity contribution in [2.24, 2.45) is 0 Å². The van der Waals surface area contributed by atoms with Gasteiger partial charge in [0.1, 0.15) is 16.5 Å². The van der Waals surface area contributed by atoms with Crippen LogP contribution in [0.25, 0.3) is 0 Å². The van der Waals surface area contributed by atoms with Crippen molar-refractivity contribution in [2.45, 2.75) is 11.8 Å². The fourth-order valence-electron chi connectivity index (χ4n) is 1.57. The van der Waals surface area contributed by atoms with Gasteiger partial charge in [0.15, 0.2) is 0 Å². The Morgan fingerprint density at radius 1 is 1.32 bits per heavy atom. The second-order valence-electron chi connectivity index (χ2n) is 3.95. The minimum absolute atomic E-state index is 0.0882. The molecular weight excluding hydrogens is 269 g/mol. The van der Waals surface area contributed by atoms with Gasteiger partial charge >= 0.3 is 0 Å². The topological polar surface area (TPSA) is 85.1 Å². The molecule has 0 unspecified atom stereocenters. The van der Waals surface area contributed by atoms with Crippen LogP contribution in [0.3, 0.4) is 0 Å². The van der Waals surface area contributed by atoms with E-state index in [9.17, 15) is 12.8 Å². The lowest BCUT2D eigenvalue weighted by molar-refractivity contribution is 0.601. The summed E-state index contributed by atoms with van der Waals surface area (Å²) in [6.45, 7) is 1.60. The Bertz CT molecular complexity index is 717. The quantitative estimate of drug-likeness (QED) is 0.900. The van der Waals surface area contributed by atoms with Crippen LogP contribution in [0.5, 0.6) is 0 Å². The zero-order chi connectivity index (χ0) is 14.0. The molecule has 0 amide bonds. The van der Waals surface area contributed by atoms with Crippen molar-refractivity contribution < 1.29 is 12.8 Å². The third-order valence-corrected chi connectivity index (χ3v) is 3.93. The van der Waals surface area contributed by atoms with Crippen LogP contribution in [0.1, 0.15) is 5.56 Å². The van der Waals surface area contributed by atoms with Crippen molar-refractivity contribution in [3.05, 3.63) is 47.9 Å². The number of rotatable bonds is 3. The molecule has 2 aromatic rings. The fourth-order valence-corrected chi connectivity index (χ4v) is 2.79. The molecule has 19 heavy (non-hydrogen) atoms. The molecule has 0 radical (unpaired) electrons. The lowest BCUT2D eigenvalue weighted by atomic mass is 10.2. The van der Waals surface area contributed by atoms with Crippen molar-refractivity contribution in [1.82, 2.24) is 4.98 Å². The van der Waals surface area contributed by atoms with Crippen LogP contribution in [-0.2, 0) is 10.0 Å². The molecule has 0 saturated carbocycles. The van der Waals surface area contributed by atoms with Gasteiger partial charge in [-0.25, -0.2) is 17.8 Å². The summed E-state index contributed by atoms with van der Waals surface area (Å²) in [7, 11) is -3.84. The number of nitrogens with one attached hydrogen (secondary N) is 1. The average molecular weight is 281 g/mol. The van der Waals surface area contributed by atoms with Crippen molar-refractivity contribution in [3.8, 4) is 0 Å². The van der Waals surface area contributed by atoms with Gasteiger partial charge in [0.05, 0.1) is 5.69 Å². The highest BCUT2D eigenvalue weighted by atomic mass is 32.2. The van der Waals surface area contributed by atoms with Crippen LogP contribution in [0.2, 0.25) is 0 Å². The third-order valence-electron chi connectivity index (χ3n) is 2.52. The Hall–Kier alpha value is -2.15. The largest absolute Gasteiger partial charge is 0.383 e. The number of nitrogen functional groups attached to an aromatic ring is 1. The minimum Gasteiger partial charge on any atom is -0.383 e. The second kappa shape index (κ2) is 4.85. The number of sulfonamides is 1. The SMILES string of the molecule is Cc1cc(F)ccc1NS(=O)(=O)c1cccnc1N. The molecule has 0 aliphatic heterocycles. The van der Waals surface area contributed by atoms with E-state index in [-0.39, 0.29) is 10.7 Å². The molecule has 1 aromatic heterocycles. The summed E-state index contributed by atoms with van der Waals surface area (Å²) in [5, 5.41) is 0. The molecule has 7 heteroatoms. The maximum atomic E-state index is 13.0. The molecule has 5 nitrogen and oxygen atoms in total. The predicted molar refractivity (Wildman–Crippen MR) is 70.6 cm³/mol. The number of benzene rings is 1. The molecule has 3 N–H and O–H groups in total. The number of halogens is 1. The van der Waals surface area contributed by atoms with Gasteiger partial charge in [-0.05, 0) is 42.8 Å². The molecular formula is C12H12FN3O2S. The molecule has 100 valence electrons. The number of aromatic nitrogens is 1. The van der Waals surface area contributed by atoms with Gasteiger partial charge < -0.3 is 5.73 Å². The van der Waals surface area contributed by atoms with E-state index in [1.807, 2.05) is 0 Å². The van der Waals surface area contributed by atoms with E-state index in [4.69, 9.17) is 5.73 Å². The van der Waals surface area contributed by atoms with Gasteiger partial charge in [-0.2, -0.15) is 0 Å². The number of pyridine rings is 1. The lowest BCUT2D eigenvalue weighted by Gasteiger charge is -2.11. The summed E-state index contributed by atoms with van der Waals surface area (Å²) in [5.41, 5.74) is 6.31. The standard InChI is InChI=1S/C12H12FN3O2S/c1-8-7-9(13)4-5-10(8)16-19(17,18)11-3-2-6-15-12(11)14/h2-7,16H,1H3,(H2,14,15). The molecule has 1 aromatic carbocycles. The highest BCUT2D eigenvalue weighted by Crippen LogP contribution is 2.22. The van der Waals surface area contributed by atoms with Gasteiger partial charge in [0, 0.05) is 6.20 Å². The van der Waals surface area contributed by atoms with E-state index in [0.29, 0.717) is 11.3 Å². The average Bonchev–Trinajstić information content (AvgIpc) is 2.33. The Labute approximate surface area is 110 Å². The number of hydrogen-bond donors (Lipinski definition) is 2. The maximum absolute atomic E-state index is 13.0. The van der Waals surface area contributed by atoms with Crippen molar-refractivity contribution in [2.75, 3.05) is 10.5 Å². The van der Waals surface area contributed by atoms with Gasteiger partial charge in [0.2, 0.25) is 0 Å². The highest BCUT2D eigenvalue weighted by molar-refractivity contribution is 7.92. The van der Waals surface area contributed by atoms with Gasteiger partial charge in [-0.15, -0.1) is 0 Å². The number of anilines is 2. The van der Waals surface area contributed by atoms with Crippen LogP contribution >= 0.6 is 0 Å². The predicted octanol–water partition coefficient (Wildman–Crippen LogP) is 1.91. The van der Waals surface area contributed by atoms with Gasteiger partial charge in [-0.1, -0.05) is 0 Å². The molecule has 0 aliphatic rings. The third kappa shape index (κ3) is 2.82. The van der Waals surface area contributed by atoms with Crippen molar-refractivity contribution in [1.29, 1.82) is 0 Å². The number of hydrogen-bond acceptors (Lipinski definition) is 4. The van der Waals surface area contributed by atoms with Crippen LogP contribution < -0.4 is 10.5 Å². The number of aryl methyl sites for hydroxylation is 1. The van der Waals surface area contributed by atoms with E-state index in [1.54, 1.807) is 6.92 Å². The van der Waals surface area contributed by atoms with Crippen LogP contribution in [0.15, 0.2) is 41.4 Å². The zero-order valence-electron chi connectivity index (χ0n) is 10.1. The van der Waals surface area contributed by atoms with E-state index in [2.05, 4.69) is 9.71 Å². The van der Waals surface area contributed by atoms with E-state index >= 15 is 0 Å². The maximum Gasteiger partial charge on any atom is 0.265 e. The molecule has 0 spiro atoms. The smallest absolute Gasteiger partial charge is 0.265 e. The normalized spacial score (nSPS) is 11.3. The molecule has 0 fully saturated rings. The summed E-state index contributed by atoms with van der Waals surface area (Å²) >= 11 is 0. The van der Waals surface area contributed by atoms with Crippen molar-refractivity contribution >= 4 is 21.5 Å². The van der Waals surface area contributed by atoms with Crippen LogP contribution in [0.4, 0.5) is 15.9 Å². The first-order chi connectivity index (χ1) is 8.90. The van der Waals surface area contributed by atoms with E-state index in [1.165, 1.54) is 36.5 Å².